The molecule has 0 aromatic carbocycles. The van der Waals surface area contributed by atoms with E-state index in [-0.39, 0.29) is 17.8 Å². The number of hydrogen-bond donors (Lipinski definition) is 0. The molecule has 1 rings (SSSR count). The van der Waals surface area contributed by atoms with E-state index in [4.69, 9.17) is 6.42 Å². The first-order valence-corrected chi connectivity index (χ1v) is 3.42. The van der Waals surface area contributed by atoms with Crippen LogP contribution in [0.2, 0.25) is 0 Å². The lowest BCUT2D eigenvalue weighted by Gasteiger charge is -1.89. The van der Waals surface area contributed by atoms with Crippen molar-refractivity contribution in [2.45, 2.75) is 6.54 Å². The molecular formula is C8H6N2O3. The summed E-state index contributed by atoms with van der Waals surface area (Å²) in [6.07, 6.45) is 8.04. The fourth-order valence-corrected chi connectivity index (χ4v) is 0.954. The molecule has 66 valence electrons. The highest BCUT2D eigenvalue weighted by Gasteiger charge is 2.15. The average molecular weight is 178 g/mol. The number of carbonyl (C=O) groups is 1. The fraction of sp³-hybridized carbons (Fsp3) is 0.125. The van der Waals surface area contributed by atoms with Crippen LogP contribution in [-0.2, 0) is 6.54 Å². The minimum atomic E-state index is -0.614. The Morgan fingerprint density at radius 1 is 1.69 bits per heavy atom. The molecule has 0 saturated heterocycles. The van der Waals surface area contributed by atoms with Crippen molar-refractivity contribution in [2.24, 2.45) is 0 Å². The number of nitrogens with zero attached hydrogens (tertiary/aromatic N) is 2. The molecule has 0 aliphatic carbocycles. The van der Waals surface area contributed by atoms with E-state index >= 15 is 0 Å². The Morgan fingerprint density at radius 2 is 2.38 bits per heavy atom. The van der Waals surface area contributed by atoms with Gasteiger partial charge >= 0.3 is 0 Å². The van der Waals surface area contributed by atoms with Gasteiger partial charge in [0.15, 0.2) is 6.29 Å². The maximum atomic E-state index is 10.4. The van der Waals surface area contributed by atoms with Crippen LogP contribution in [0.3, 0.4) is 0 Å². The molecule has 0 radical (unpaired) electrons. The van der Waals surface area contributed by atoms with Crippen LogP contribution in [0, 0.1) is 22.5 Å². The van der Waals surface area contributed by atoms with Crippen LogP contribution >= 0.6 is 0 Å². The lowest BCUT2D eigenvalue weighted by molar-refractivity contribution is -0.385. The monoisotopic (exact) mass is 178 g/mol. The van der Waals surface area contributed by atoms with E-state index in [1.807, 2.05) is 0 Å². The molecule has 1 aromatic heterocycles. The maximum Gasteiger partial charge on any atom is 0.297 e. The maximum absolute atomic E-state index is 10.4. The first-order valence-electron chi connectivity index (χ1n) is 3.42. The normalized spacial score (nSPS) is 9.15. The summed E-state index contributed by atoms with van der Waals surface area (Å²) < 4.78 is 1.42. The van der Waals surface area contributed by atoms with Gasteiger partial charge in [0.25, 0.3) is 5.69 Å². The Balaban J connectivity index is 3.13. The lowest BCUT2D eigenvalue weighted by Crippen LogP contribution is -1.90. The van der Waals surface area contributed by atoms with Gasteiger partial charge in [-0.1, -0.05) is 5.92 Å². The number of aromatic nitrogens is 1. The van der Waals surface area contributed by atoms with Gasteiger partial charge in [-0.3, -0.25) is 14.9 Å². The van der Waals surface area contributed by atoms with Crippen LogP contribution in [0.15, 0.2) is 12.4 Å². The van der Waals surface area contributed by atoms with Gasteiger partial charge < -0.3 is 4.57 Å². The molecule has 0 atom stereocenters. The summed E-state index contributed by atoms with van der Waals surface area (Å²) >= 11 is 0. The second kappa shape index (κ2) is 3.54. The zero-order valence-electron chi connectivity index (χ0n) is 6.64. The molecule has 0 bridgehead atoms. The minimum absolute atomic E-state index is 0.0419. The largest absolute Gasteiger partial charge is 0.336 e. The highest BCUT2D eigenvalue weighted by Crippen LogP contribution is 2.17. The van der Waals surface area contributed by atoms with Crippen molar-refractivity contribution in [3.8, 4) is 12.3 Å². The van der Waals surface area contributed by atoms with Gasteiger partial charge in [0.2, 0.25) is 0 Å². The van der Waals surface area contributed by atoms with Crippen molar-refractivity contribution in [3.05, 3.63) is 28.1 Å². The summed E-state index contributed by atoms with van der Waals surface area (Å²) in [6.45, 7) is 0.217. The van der Waals surface area contributed by atoms with Crippen LogP contribution in [0.4, 0.5) is 5.69 Å². The number of carbonyl (C=O) groups excluding carboxylic acids is 1. The second-order valence-corrected chi connectivity index (χ2v) is 2.35. The summed E-state index contributed by atoms with van der Waals surface area (Å²) in [6, 6.07) is 0. The average Bonchev–Trinajstić information content (AvgIpc) is 2.48. The topological polar surface area (TPSA) is 65.1 Å². The third-order valence-corrected chi connectivity index (χ3v) is 1.49. The first-order chi connectivity index (χ1) is 6.19. The quantitative estimate of drug-likeness (QED) is 0.298. The van der Waals surface area contributed by atoms with E-state index in [2.05, 4.69) is 5.92 Å². The summed E-state index contributed by atoms with van der Waals surface area (Å²) in [4.78, 5) is 20.1. The summed E-state index contributed by atoms with van der Waals surface area (Å²) in [5.41, 5.74) is -0.175. The SMILES string of the molecule is C#CCn1cc(C=O)c([N+](=O)[O-])c1. The third kappa shape index (κ3) is 1.73. The predicted octanol–water partition coefficient (Wildman–Crippen LogP) is 0.842. The molecule has 1 heterocycles. The third-order valence-electron chi connectivity index (χ3n) is 1.49. The Kier molecular flexibility index (Phi) is 2.45. The van der Waals surface area contributed by atoms with Crippen molar-refractivity contribution in [1.29, 1.82) is 0 Å². The highest BCUT2D eigenvalue weighted by molar-refractivity contribution is 5.81. The molecule has 0 unspecified atom stereocenters. The molecule has 0 amide bonds. The van der Waals surface area contributed by atoms with Crippen molar-refractivity contribution in [1.82, 2.24) is 4.57 Å². The number of hydrogen-bond acceptors (Lipinski definition) is 3. The predicted molar refractivity (Wildman–Crippen MR) is 45.3 cm³/mol. The first kappa shape index (κ1) is 9.00. The van der Waals surface area contributed by atoms with Crippen LogP contribution in [0.1, 0.15) is 10.4 Å². The van der Waals surface area contributed by atoms with Gasteiger partial charge in [0, 0.05) is 6.20 Å². The molecule has 0 fully saturated rings. The van der Waals surface area contributed by atoms with E-state index in [0.29, 0.717) is 6.29 Å². The van der Waals surface area contributed by atoms with E-state index < -0.39 is 4.92 Å². The lowest BCUT2D eigenvalue weighted by atomic mass is 10.3. The molecule has 0 spiro atoms. The van der Waals surface area contributed by atoms with Gasteiger partial charge in [-0.25, -0.2) is 0 Å². The van der Waals surface area contributed by atoms with Gasteiger partial charge in [0.05, 0.1) is 17.7 Å². The molecule has 0 N–H and O–H groups in total. The van der Waals surface area contributed by atoms with Crippen LogP contribution in [0.5, 0.6) is 0 Å². The summed E-state index contributed by atoms with van der Waals surface area (Å²) in [5.74, 6) is 2.31. The summed E-state index contributed by atoms with van der Waals surface area (Å²) in [7, 11) is 0. The molecular weight excluding hydrogens is 172 g/mol. The Morgan fingerprint density at radius 3 is 2.77 bits per heavy atom. The van der Waals surface area contributed by atoms with Crippen molar-refractivity contribution < 1.29 is 9.72 Å². The molecule has 1 aromatic rings. The Bertz CT molecular complexity index is 387. The number of rotatable bonds is 3. The number of terminal acetylenes is 1. The van der Waals surface area contributed by atoms with Gasteiger partial charge in [0.1, 0.15) is 5.56 Å². The van der Waals surface area contributed by atoms with E-state index in [0.717, 1.165) is 0 Å². The number of aldehydes is 1. The molecule has 0 aliphatic rings. The molecule has 13 heavy (non-hydrogen) atoms. The molecule has 0 saturated carbocycles. The van der Waals surface area contributed by atoms with Crippen LogP contribution < -0.4 is 0 Å². The molecule has 0 aliphatic heterocycles. The summed E-state index contributed by atoms with van der Waals surface area (Å²) in [5, 5.41) is 10.4. The zero-order valence-corrected chi connectivity index (χ0v) is 6.64. The molecule has 5 heteroatoms. The fourth-order valence-electron chi connectivity index (χ4n) is 0.954. The van der Waals surface area contributed by atoms with Gasteiger partial charge in [-0.15, -0.1) is 6.42 Å². The standard InChI is InChI=1S/C8H6N2O3/c1-2-3-9-4-7(6-11)8(5-9)10(12)13/h1,4-6H,3H2. The van der Waals surface area contributed by atoms with E-state index in [1.165, 1.54) is 17.0 Å². The van der Waals surface area contributed by atoms with E-state index in [1.54, 1.807) is 0 Å². The van der Waals surface area contributed by atoms with Crippen molar-refractivity contribution >= 4 is 12.0 Å². The Hall–Kier alpha value is -2.09. The van der Waals surface area contributed by atoms with Gasteiger partial charge in [-0.05, 0) is 0 Å². The van der Waals surface area contributed by atoms with E-state index in [9.17, 15) is 14.9 Å². The van der Waals surface area contributed by atoms with Crippen LogP contribution in [-0.4, -0.2) is 15.8 Å². The number of nitro groups is 1. The Labute approximate surface area is 74.1 Å². The van der Waals surface area contributed by atoms with Gasteiger partial charge in [-0.2, -0.15) is 0 Å². The van der Waals surface area contributed by atoms with Crippen molar-refractivity contribution in [3.63, 3.8) is 0 Å². The minimum Gasteiger partial charge on any atom is -0.336 e. The van der Waals surface area contributed by atoms with Crippen LogP contribution in [0.25, 0.3) is 0 Å². The zero-order chi connectivity index (χ0) is 9.84. The second-order valence-electron chi connectivity index (χ2n) is 2.35. The highest BCUT2D eigenvalue weighted by atomic mass is 16.6. The smallest absolute Gasteiger partial charge is 0.297 e. The molecule has 5 nitrogen and oxygen atoms in total. The van der Waals surface area contributed by atoms with Crippen molar-refractivity contribution in [2.75, 3.05) is 0 Å².